The smallest absolute Gasteiger partial charge is 0.851 e. The van der Waals surface area contributed by atoms with E-state index in [1.54, 1.807) is 0 Å². The molecule has 4 rings (SSSR count). The van der Waals surface area contributed by atoms with Crippen LogP contribution in [0.2, 0.25) is 0 Å². The fourth-order valence-corrected chi connectivity index (χ4v) is 5.54. The summed E-state index contributed by atoms with van der Waals surface area (Å²) in [6, 6.07) is 2.22. The second-order valence-corrected chi connectivity index (χ2v) is 8.99. The molecule has 0 heterocycles. The minimum Gasteiger partial charge on any atom is -0.851 e. The summed E-state index contributed by atoms with van der Waals surface area (Å²) in [7, 11) is 2.71. The van der Waals surface area contributed by atoms with Crippen molar-refractivity contribution in [3.05, 3.63) is 46.2 Å². The predicted octanol–water partition coefficient (Wildman–Crippen LogP) is -3.04. The number of fused-ring (bicyclic) bond motifs is 3. The third kappa shape index (κ3) is 3.12. The van der Waals surface area contributed by atoms with Crippen LogP contribution in [0.25, 0.3) is 5.76 Å². The molecule has 6 N–H and O–H groups in total. The molecule has 0 aromatic heterocycles. The summed E-state index contributed by atoms with van der Waals surface area (Å²) in [6.45, 7) is 1.10. The Morgan fingerprint density at radius 2 is 1.76 bits per heavy atom. The van der Waals surface area contributed by atoms with Crippen molar-refractivity contribution in [2.75, 3.05) is 14.1 Å². The minimum absolute atomic E-state index is 0. The zero-order valence-electron chi connectivity index (χ0n) is 18.6. The van der Waals surface area contributed by atoms with Gasteiger partial charge in [0, 0.05) is 11.5 Å². The van der Waals surface area contributed by atoms with Gasteiger partial charge in [0.15, 0.2) is 11.4 Å². The molecule has 0 saturated heterocycles. The molecule has 0 bridgehead atoms. The van der Waals surface area contributed by atoms with E-state index in [-0.39, 0.29) is 48.9 Å². The minimum atomic E-state index is -3.11. The van der Waals surface area contributed by atoms with Gasteiger partial charge in [0.2, 0.25) is 5.78 Å². The number of primary amides is 1. The van der Waals surface area contributed by atoms with E-state index in [9.17, 15) is 45.0 Å². The van der Waals surface area contributed by atoms with Crippen molar-refractivity contribution in [3.63, 3.8) is 0 Å². The van der Waals surface area contributed by atoms with Crippen LogP contribution in [-0.2, 0) is 20.0 Å². The Hall–Kier alpha value is -1.99. The molecule has 3 aliphatic rings. The molecule has 1 aromatic carbocycles. The molecule has 0 aliphatic heterocycles. The number of likely N-dealkylation sites (N-methyl/N-ethyl adjacent to an activating group) is 1. The van der Waals surface area contributed by atoms with Crippen LogP contribution in [0, 0.1) is 11.8 Å². The van der Waals surface area contributed by atoms with E-state index in [0.717, 1.165) is 13.0 Å². The molecule has 1 fully saturated rings. The van der Waals surface area contributed by atoms with Crippen LogP contribution in [-0.4, -0.2) is 112 Å². The van der Waals surface area contributed by atoms with Gasteiger partial charge in [-0.2, -0.15) is 0 Å². The Morgan fingerprint density at radius 3 is 2.29 bits per heavy atom. The van der Waals surface area contributed by atoms with E-state index in [4.69, 9.17) is 5.73 Å². The molecule has 6 atom stereocenters. The third-order valence-electron chi connectivity index (χ3n) is 6.99. The number of nitrogens with two attached hydrogens (primary N) is 1. The summed E-state index contributed by atoms with van der Waals surface area (Å²) in [5.74, 6) is -10.4. The summed E-state index contributed by atoms with van der Waals surface area (Å²) in [5, 5.41) is 70.9. The number of phenols is 1. The first kappa shape index (κ1) is 26.6. The summed E-state index contributed by atoms with van der Waals surface area (Å²) in [5.41, 5.74) is -2.61. The van der Waals surface area contributed by atoms with Gasteiger partial charge in [-0.15, -0.1) is 6.10 Å². The number of rotatable bonds is 2. The van der Waals surface area contributed by atoms with E-state index in [2.05, 4.69) is 0 Å². The Balaban J connectivity index is 0.00000324. The summed E-state index contributed by atoms with van der Waals surface area (Å²) in [4.78, 5) is 39.7. The summed E-state index contributed by atoms with van der Waals surface area (Å²) < 4.78 is 0. The van der Waals surface area contributed by atoms with Crippen LogP contribution in [0.1, 0.15) is 18.1 Å². The number of amides is 1. The normalized spacial score (nSPS) is 34.9. The number of aliphatic hydroxyl groups is 3. The first-order chi connectivity index (χ1) is 15.2. The summed E-state index contributed by atoms with van der Waals surface area (Å²) in [6.07, 6.45) is -2.18. The second-order valence-electron chi connectivity index (χ2n) is 8.99. The zero-order chi connectivity index (χ0) is 24.8. The largest absolute Gasteiger partial charge is 2.00 e. The van der Waals surface area contributed by atoms with Crippen LogP contribution in [0.15, 0.2) is 35.1 Å². The molecule has 12 heteroatoms. The number of aromatic hydroxyl groups is 1. The Kier molecular flexibility index (Phi) is 6.50. The number of Topliss-reactive ketones (excluding diaryl/α,β-unsaturated/α-hetero) is 2. The van der Waals surface area contributed by atoms with E-state index < -0.39 is 81.1 Å². The number of benzene rings is 1. The van der Waals surface area contributed by atoms with Gasteiger partial charge in [0.25, 0.3) is 5.91 Å². The van der Waals surface area contributed by atoms with Gasteiger partial charge in [-0.25, -0.2) is 0 Å². The second kappa shape index (κ2) is 8.30. The topological polar surface area (TPSA) is 208 Å². The van der Waals surface area contributed by atoms with Gasteiger partial charge >= 0.3 is 37.7 Å². The number of carbonyl (C=O) groups is 3. The van der Waals surface area contributed by atoms with Crippen molar-refractivity contribution >= 4 is 61.0 Å². The fourth-order valence-electron chi connectivity index (χ4n) is 5.54. The van der Waals surface area contributed by atoms with E-state index >= 15 is 0 Å². The van der Waals surface area contributed by atoms with Gasteiger partial charge < -0.3 is 36.4 Å². The van der Waals surface area contributed by atoms with Gasteiger partial charge in [0.1, 0.15) is 22.8 Å². The molecule has 11 nitrogen and oxygen atoms in total. The average molecular weight is 499 g/mol. The first-order valence-corrected chi connectivity index (χ1v) is 10.0. The van der Waals surface area contributed by atoms with E-state index in [0.29, 0.717) is 0 Å². The Labute approximate surface area is 223 Å². The molecule has 0 radical (unpaired) electrons. The van der Waals surface area contributed by atoms with Crippen molar-refractivity contribution in [2.45, 2.75) is 30.3 Å². The van der Waals surface area contributed by atoms with Crippen LogP contribution >= 0.6 is 0 Å². The van der Waals surface area contributed by atoms with Crippen LogP contribution in [0.4, 0.5) is 0 Å². The van der Waals surface area contributed by atoms with Crippen molar-refractivity contribution in [3.8, 4) is 5.75 Å². The maximum absolute atomic E-state index is 13.8. The molecule has 1 unspecified atom stereocenters. The molecule has 3 aliphatic carbocycles. The molecule has 1 amide bonds. The van der Waals surface area contributed by atoms with Crippen LogP contribution in [0.5, 0.6) is 5.75 Å². The van der Waals surface area contributed by atoms with Gasteiger partial charge in [-0.1, -0.05) is 24.7 Å². The summed E-state index contributed by atoms with van der Waals surface area (Å²) >= 11 is 0. The number of ketones is 2. The third-order valence-corrected chi connectivity index (χ3v) is 6.99. The van der Waals surface area contributed by atoms with E-state index in [1.165, 1.54) is 31.1 Å². The molecule has 34 heavy (non-hydrogen) atoms. The van der Waals surface area contributed by atoms with Crippen LogP contribution < -0.4 is 15.9 Å². The first-order valence-electron chi connectivity index (χ1n) is 10.0. The number of nitrogens with zero attached hydrogens (tertiary/aromatic N) is 1. The number of hydrogen-bond acceptors (Lipinski definition) is 10. The molecule has 1 aromatic rings. The number of carbonyl (C=O) groups excluding carboxylic acids is 3. The maximum Gasteiger partial charge on any atom is 2.00 e. The van der Waals surface area contributed by atoms with Crippen molar-refractivity contribution < 1.29 is 45.0 Å². The van der Waals surface area contributed by atoms with Crippen molar-refractivity contribution in [1.29, 1.82) is 0 Å². The monoisotopic (exact) mass is 498 g/mol. The molecule has 1 saturated carbocycles. The molecule has 0 spiro atoms. The standard InChI is InChI=1S/C22H22N2O9.Ca/c1-21(32)7-5-4-6-8(25)9(7)15(26)10-12(21)17(28)13-14(24(2)3)16(27)11(20(23)31)19(30)22(13,33)18(10)29;/h4-6,12-14,17,25-26,30,33H,1-3H3,(H2,23,31);/q-2;+2/t12-,13-,14+,17?,21-,22+;/m1./s1. The Bertz CT molecular complexity index is 1190. The zero-order valence-corrected chi connectivity index (χ0v) is 20.8. The number of hydrogen-bond donors (Lipinski definition) is 5. The van der Waals surface area contributed by atoms with Crippen LogP contribution in [0.3, 0.4) is 0 Å². The molecular weight excluding hydrogens is 476 g/mol. The Morgan fingerprint density at radius 1 is 1.18 bits per heavy atom. The van der Waals surface area contributed by atoms with Gasteiger partial charge in [-0.3, -0.25) is 19.3 Å². The van der Waals surface area contributed by atoms with Gasteiger partial charge in [0.05, 0.1) is 11.6 Å². The average Bonchev–Trinajstić information content (AvgIpc) is 2.70. The fraction of sp³-hybridized carbons (Fsp3) is 0.409. The quantitative estimate of drug-likeness (QED) is 0.206. The number of aliphatic hydroxyl groups excluding tert-OH is 2. The molecule has 176 valence electrons. The molecular formula is C22H22CaN2O9. The van der Waals surface area contributed by atoms with Crippen molar-refractivity contribution in [1.82, 2.24) is 4.90 Å². The van der Waals surface area contributed by atoms with E-state index in [1.807, 2.05) is 0 Å². The number of phenolic OH excluding ortho intramolecular Hbond substituents is 1. The maximum atomic E-state index is 13.8. The SMILES string of the molecule is CN(C)[C@@H]1C(=O)C(C(N)=O)=C(O)[C@@]2(O)C(=O)C3=C(O)c4c(O)cccc4[C@@](C)([O-])[C@H]3C([O-])[C@@H]12.[Ca+2]. The van der Waals surface area contributed by atoms with Crippen molar-refractivity contribution in [2.24, 2.45) is 17.6 Å². The predicted molar refractivity (Wildman–Crippen MR) is 113 cm³/mol. The van der Waals surface area contributed by atoms with Gasteiger partial charge in [-0.05, 0) is 31.6 Å².